The molecular weight excluding hydrogens is 454 g/mol. The van der Waals surface area contributed by atoms with Crippen molar-refractivity contribution in [2.75, 3.05) is 0 Å². The summed E-state index contributed by atoms with van der Waals surface area (Å²) in [5.41, 5.74) is 7.28. The number of nitrogens with zero attached hydrogens (tertiary/aromatic N) is 4. The summed E-state index contributed by atoms with van der Waals surface area (Å²) in [4.78, 5) is 17.6. The lowest BCUT2D eigenvalue weighted by Crippen LogP contribution is -2.30. The first kappa shape index (κ1) is 23.1. The van der Waals surface area contributed by atoms with Crippen LogP contribution in [-0.4, -0.2) is 30.9 Å². The molecule has 2 heterocycles. The number of nitrogens with one attached hydrogen (secondary N) is 1. The molecule has 0 bridgehead atoms. The normalized spacial score (nSPS) is 12.2. The SMILES string of the molecule is Cc1ccc(Cn2c3ccc(C)cc3c3nnc(SC(C)C(=O)NCc4ccccc4)nc32)cc1. The summed E-state index contributed by atoms with van der Waals surface area (Å²) in [5.74, 6) is -0.0571. The van der Waals surface area contributed by atoms with Crippen molar-refractivity contribution in [3.05, 3.63) is 95.1 Å². The Morgan fingerprint density at radius 1 is 0.943 bits per heavy atom. The van der Waals surface area contributed by atoms with Crippen molar-refractivity contribution in [1.29, 1.82) is 0 Å². The lowest BCUT2D eigenvalue weighted by atomic mass is 10.1. The molecule has 1 unspecified atom stereocenters. The van der Waals surface area contributed by atoms with E-state index in [-0.39, 0.29) is 11.2 Å². The number of hydrogen-bond acceptors (Lipinski definition) is 5. The maximum absolute atomic E-state index is 12.7. The molecule has 0 saturated carbocycles. The van der Waals surface area contributed by atoms with E-state index in [1.54, 1.807) is 0 Å². The molecule has 6 nitrogen and oxygen atoms in total. The fourth-order valence-corrected chi connectivity index (χ4v) is 4.82. The molecule has 0 aliphatic carbocycles. The minimum absolute atomic E-state index is 0.0571. The quantitative estimate of drug-likeness (QED) is 0.313. The summed E-state index contributed by atoms with van der Waals surface area (Å²) in [6.07, 6.45) is 0. The van der Waals surface area contributed by atoms with Gasteiger partial charge in [0.25, 0.3) is 0 Å². The molecule has 7 heteroatoms. The predicted octanol–water partition coefficient (Wildman–Crippen LogP) is 5.44. The third-order valence-electron chi connectivity index (χ3n) is 6.02. The Morgan fingerprint density at radius 2 is 1.69 bits per heavy atom. The van der Waals surface area contributed by atoms with Crippen molar-refractivity contribution in [3.8, 4) is 0 Å². The van der Waals surface area contributed by atoms with Crippen LogP contribution in [0.25, 0.3) is 22.1 Å². The van der Waals surface area contributed by atoms with Crippen LogP contribution in [0.5, 0.6) is 0 Å². The van der Waals surface area contributed by atoms with Gasteiger partial charge in [-0.3, -0.25) is 4.79 Å². The highest BCUT2D eigenvalue weighted by Gasteiger charge is 2.19. The van der Waals surface area contributed by atoms with E-state index in [0.717, 1.165) is 33.2 Å². The highest BCUT2D eigenvalue weighted by atomic mass is 32.2. The third-order valence-corrected chi connectivity index (χ3v) is 6.98. The number of fused-ring (bicyclic) bond motifs is 3. The van der Waals surface area contributed by atoms with E-state index in [2.05, 4.69) is 76.4 Å². The highest BCUT2D eigenvalue weighted by Crippen LogP contribution is 2.30. The number of aromatic nitrogens is 4. The molecule has 176 valence electrons. The van der Waals surface area contributed by atoms with Gasteiger partial charge in [0.1, 0.15) is 5.52 Å². The van der Waals surface area contributed by atoms with E-state index in [0.29, 0.717) is 18.2 Å². The summed E-state index contributed by atoms with van der Waals surface area (Å²) in [6, 6.07) is 24.8. The molecule has 1 amide bonds. The smallest absolute Gasteiger partial charge is 0.233 e. The first-order chi connectivity index (χ1) is 17.0. The average molecular weight is 482 g/mol. The van der Waals surface area contributed by atoms with Crippen LogP contribution in [0.2, 0.25) is 0 Å². The molecule has 1 atom stereocenters. The topological polar surface area (TPSA) is 72.7 Å². The molecular formula is C28H27N5OS. The number of thioether (sulfide) groups is 1. The maximum atomic E-state index is 12.7. The first-order valence-corrected chi connectivity index (χ1v) is 12.5. The minimum Gasteiger partial charge on any atom is -0.351 e. The number of benzene rings is 3. The largest absolute Gasteiger partial charge is 0.351 e. The summed E-state index contributed by atoms with van der Waals surface area (Å²) in [6.45, 7) is 7.20. The van der Waals surface area contributed by atoms with Crippen molar-refractivity contribution in [1.82, 2.24) is 25.1 Å². The third kappa shape index (κ3) is 5.05. The Kier molecular flexibility index (Phi) is 6.51. The van der Waals surface area contributed by atoms with E-state index >= 15 is 0 Å². The van der Waals surface area contributed by atoms with Gasteiger partial charge in [-0.25, -0.2) is 4.98 Å². The molecule has 35 heavy (non-hydrogen) atoms. The minimum atomic E-state index is -0.352. The zero-order valence-corrected chi connectivity index (χ0v) is 20.8. The maximum Gasteiger partial charge on any atom is 0.233 e. The van der Waals surface area contributed by atoms with Crippen molar-refractivity contribution >= 4 is 39.7 Å². The zero-order chi connectivity index (χ0) is 24.4. The summed E-state index contributed by atoms with van der Waals surface area (Å²) < 4.78 is 2.19. The van der Waals surface area contributed by atoms with E-state index in [4.69, 9.17) is 4.98 Å². The van der Waals surface area contributed by atoms with Gasteiger partial charge in [-0.2, -0.15) is 0 Å². The van der Waals surface area contributed by atoms with E-state index in [1.165, 1.54) is 22.9 Å². The Labute approximate surface area is 208 Å². The van der Waals surface area contributed by atoms with Crippen molar-refractivity contribution < 1.29 is 4.79 Å². The van der Waals surface area contributed by atoms with Gasteiger partial charge >= 0.3 is 0 Å². The second kappa shape index (κ2) is 9.88. The second-order valence-corrected chi connectivity index (χ2v) is 10.1. The molecule has 5 aromatic rings. The van der Waals surface area contributed by atoms with Gasteiger partial charge in [-0.15, -0.1) is 10.2 Å². The predicted molar refractivity (Wildman–Crippen MR) is 141 cm³/mol. The van der Waals surface area contributed by atoms with Crippen LogP contribution >= 0.6 is 11.8 Å². The Morgan fingerprint density at radius 3 is 2.46 bits per heavy atom. The Balaban J connectivity index is 1.43. The number of hydrogen-bond donors (Lipinski definition) is 1. The van der Waals surface area contributed by atoms with E-state index in [9.17, 15) is 4.79 Å². The van der Waals surface area contributed by atoms with Crippen LogP contribution in [0.4, 0.5) is 0 Å². The lowest BCUT2D eigenvalue weighted by molar-refractivity contribution is -0.120. The molecule has 5 rings (SSSR count). The van der Waals surface area contributed by atoms with Crippen LogP contribution in [0.1, 0.15) is 29.2 Å². The summed E-state index contributed by atoms with van der Waals surface area (Å²) in [5, 5.41) is 13.1. The lowest BCUT2D eigenvalue weighted by Gasteiger charge is -2.11. The van der Waals surface area contributed by atoms with Crippen molar-refractivity contribution in [3.63, 3.8) is 0 Å². The Bertz CT molecular complexity index is 1500. The van der Waals surface area contributed by atoms with Crippen LogP contribution in [0.15, 0.2) is 78.0 Å². The number of carbonyl (C=O) groups is 1. The highest BCUT2D eigenvalue weighted by molar-refractivity contribution is 8.00. The monoisotopic (exact) mass is 481 g/mol. The van der Waals surface area contributed by atoms with Gasteiger partial charge < -0.3 is 9.88 Å². The molecule has 1 N–H and O–H groups in total. The van der Waals surface area contributed by atoms with Gasteiger partial charge in [0.05, 0.1) is 10.8 Å². The molecule has 2 aromatic heterocycles. The fourth-order valence-electron chi connectivity index (χ4n) is 4.08. The average Bonchev–Trinajstić information content (AvgIpc) is 3.16. The van der Waals surface area contributed by atoms with Crippen molar-refractivity contribution in [2.24, 2.45) is 0 Å². The molecule has 0 radical (unpaired) electrons. The summed E-state index contributed by atoms with van der Waals surface area (Å²) >= 11 is 1.32. The van der Waals surface area contributed by atoms with Crippen LogP contribution in [0.3, 0.4) is 0 Å². The van der Waals surface area contributed by atoms with Gasteiger partial charge in [0.15, 0.2) is 5.65 Å². The van der Waals surface area contributed by atoms with Crippen LogP contribution < -0.4 is 5.32 Å². The first-order valence-electron chi connectivity index (χ1n) is 11.6. The number of rotatable bonds is 7. The molecule has 0 aliphatic heterocycles. The molecule has 0 aliphatic rings. The number of carbonyl (C=O) groups excluding carboxylic acids is 1. The standard InChI is InChI=1S/C28H27N5OS/c1-18-9-12-22(13-10-18)17-33-24-14-11-19(2)15-23(24)25-26(33)30-28(32-31-25)35-20(3)27(34)29-16-21-7-5-4-6-8-21/h4-15,20H,16-17H2,1-3H3,(H,29,34). The number of aryl methyl sites for hydroxylation is 2. The van der Waals surface area contributed by atoms with Crippen LogP contribution in [0, 0.1) is 13.8 Å². The van der Waals surface area contributed by atoms with Crippen molar-refractivity contribution in [2.45, 2.75) is 44.3 Å². The van der Waals surface area contributed by atoms with Crippen LogP contribution in [-0.2, 0) is 17.9 Å². The Hall–Kier alpha value is -3.71. The summed E-state index contributed by atoms with van der Waals surface area (Å²) in [7, 11) is 0. The van der Waals surface area contributed by atoms with E-state index < -0.39 is 0 Å². The fraction of sp³-hybridized carbons (Fsp3) is 0.214. The van der Waals surface area contributed by atoms with E-state index in [1.807, 2.05) is 37.3 Å². The zero-order valence-electron chi connectivity index (χ0n) is 20.0. The van der Waals surface area contributed by atoms with Gasteiger partial charge in [0.2, 0.25) is 11.1 Å². The number of amides is 1. The molecule has 3 aromatic carbocycles. The van der Waals surface area contributed by atoms with Gasteiger partial charge in [0, 0.05) is 18.5 Å². The molecule has 0 saturated heterocycles. The second-order valence-electron chi connectivity index (χ2n) is 8.82. The molecule has 0 spiro atoms. The van der Waals surface area contributed by atoms with Gasteiger partial charge in [-0.1, -0.05) is 83.6 Å². The van der Waals surface area contributed by atoms with Gasteiger partial charge in [-0.05, 0) is 44.0 Å². The molecule has 0 fully saturated rings.